The molecule has 2 aliphatic rings. The Kier molecular flexibility index (Phi) is 3.87. The minimum Gasteiger partial charge on any atom is -0.493 e. The summed E-state index contributed by atoms with van der Waals surface area (Å²) in [4.78, 5) is 19.3. The normalized spacial score (nSPS) is 19.2. The third-order valence-electron chi connectivity index (χ3n) is 6.64. The molecule has 0 radical (unpaired) electrons. The second-order valence-electron chi connectivity index (χ2n) is 8.09. The Morgan fingerprint density at radius 2 is 1.71 bits per heavy atom. The van der Waals surface area contributed by atoms with Crippen molar-refractivity contribution in [2.75, 3.05) is 20.8 Å². The summed E-state index contributed by atoms with van der Waals surface area (Å²) in [6.45, 7) is 0.614. The number of hydrogen-bond acceptors (Lipinski definition) is 3. The van der Waals surface area contributed by atoms with Gasteiger partial charge in [-0.15, -0.1) is 0 Å². The lowest BCUT2D eigenvalue weighted by Crippen LogP contribution is -2.37. The summed E-state index contributed by atoms with van der Waals surface area (Å²) in [5, 5.41) is 1.22. The zero-order valence-electron chi connectivity index (χ0n) is 17.4. The van der Waals surface area contributed by atoms with E-state index in [1.807, 2.05) is 29.2 Å². The zero-order valence-corrected chi connectivity index (χ0v) is 17.4. The summed E-state index contributed by atoms with van der Waals surface area (Å²) in [6, 6.07) is 22.6. The molecule has 0 bridgehead atoms. The predicted octanol–water partition coefficient (Wildman–Crippen LogP) is 4.88. The van der Waals surface area contributed by atoms with Gasteiger partial charge in [-0.1, -0.05) is 54.6 Å². The Hall–Kier alpha value is -3.73. The number of nitrogens with one attached hydrogen (secondary N) is 1. The van der Waals surface area contributed by atoms with E-state index in [-0.39, 0.29) is 17.9 Å². The quantitative estimate of drug-likeness (QED) is 0.524. The third-order valence-corrected chi connectivity index (χ3v) is 6.64. The highest BCUT2D eigenvalue weighted by Gasteiger charge is 2.47. The lowest BCUT2D eigenvalue weighted by Gasteiger charge is -2.36. The maximum absolute atomic E-state index is 13.7. The molecule has 5 nitrogen and oxygen atoms in total. The van der Waals surface area contributed by atoms with E-state index in [1.165, 1.54) is 16.5 Å². The highest BCUT2D eigenvalue weighted by Crippen LogP contribution is 2.52. The lowest BCUT2D eigenvalue weighted by atomic mass is 9.83. The van der Waals surface area contributed by atoms with Gasteiger partial charge in [0.15, 0.2) is 11.5 Å². The number of aromatic nitrogens is 1. The van der Waals surface area contributed by atoms with Crippen molar-refractivity contribution >= 4 is 16.8 Å². The predicted molar refractivity (Wildman–Crippen MR) is 119 cm³/mol. The van der Waals surface area contributed by atoms with E-state index in [4.69, 9.17) is 9.47 Å². The van der Waals surface area contributed by atoms with Gasteiger partial charge < -0.3 is 19.4 Å². The van der Waals surface area contributed by atoms with Crippen LogP contribution in [0.3, 0.4) is 0 Å². The smallest absolute Gasteiger partial charge is 0.259 e. The standard InChI is InChI=1S/C26H22N2O3/c1-30-20-13-12-17-22(25(20)31-2)26(29)28-14-18(15-8-4-3-5-9-15)21-16-10-6-7-11-19(16)27-23(21)24(17)28/h3-13,18,24,27H,14H2,1-2H3/t18-,24+/m1/s1. The molecule has 2 atom stereocenters. The van der Waals surface area contributed by atoms with Crippen LogP contribution < -0.4 is 9.47 Å². The summed E-state index contributed by atoms with van der Waals surface area (Å²) in [5.41, 5.74) is 6.23. The molecule has 0 aliphatic carbocycles. The maximum atomic E-state index is 13.7. The second kappa shape index (κ2) is 6.64. The number of aromatic amines is 1. The molecule has 1 amide bonds. The van der Waals surface area contributed by atoms with Crippen molar-refractivity contribution in [3.63, 3.8) is 0 Å². The minimum absolute atomic E-state index is 0.0130. The molecule has 154 valence electrons. The first-order valence-electron chi connectivity index (χ1n) is 10.4. The van der Waals surface area contributed by atoms with Gasteiger partial charge in [0.25, 0.3) is 5.91 Å². The second-order valence-corrected chi connectivity index (χ2v) is 8.09. The van der Waals surface area contributed by atoms with Crippen LogP contribution >= 0.6 is 0 Å². The number of nitrogens with zero attached hydrogens (tertiary/aromatic N) is 1. The average molecular weight is 410 g/mol. The molecule has 0 spiro atoms. The number of H-pyrrole nitrogens is 1. The molecule has 3 heterocycles. The van der Waals surface area contributed by atoms with Crippen molar-refractivity contribution in [3.8, 4) is 11.5 Å². The fraction of sp³-hybridized carbons (Fsp3) is 0.192. The number of benzene rings is 3. The molecule has 0 unspecified atom stereocenters. The molecule has 1 aromatic heterocycles. The Morgan fingerprint density at radius 1 is 0.935 bits per heavy atom. The van der Waals surface area contributed by atoms with Crippen molar-refractivity contribution in [1.29, 1.82) is 0 Å². The minimum atomic E-state index is -0.162. The number of amides is 1. The van der Waals surface area contributed by atoms with Crippen molar-refractivity contribution in [2.24, 2.45) is 0 Å². The maximum Gasteiger partial charge on any atom is 0.259 e. The van der Waals surface area contributed by atoms with Crippen molar-refractivity contribution in [1.82, 2.24) is 9.88 Å². The van der Waals surface area contributed by atoms with Gasteiger partial charge in [0, 0.05) is 29.1 Å². The van der Waals surface area contributed by atoms with E-state index in [1.54, 1.807) is 14.2 Å². The summed E-state index contributed by atoms with van der Waals surface area (Å²) >= 11 is 0. The SMILES string of the molecule is COc1ccc2c(c1OC)C(=O)N1C[C@H](c3ccccc3)c3c([nH]c4ccccc34)[C@H]21. The van der Waals surface area contributed by atoms with Crippen molar-refractivity contribution < 1.29 is 14.3 Å². The third kappa shape index (κ3) is 2.40. The molecule has 6 rings (SSSR count). The molecule has 0 fully saturated rings. The Balaban J connectivity index is 1.63. The molecule has 31 heavy (non-hydrogen) atoms. The number of methoxy groups -OCH3 is 2. The van der Waals surface area contributed by atoms with Crippen LogP contribution in [-0.4, -0.2) is 36.6 Å². The summed E-state index contributed by atoms with van der Waals surface area (Å²) < 4.78 is 11.1. The van der Waals surface area contributed by atoms with Gasteiger partial charge in [-0.25, -0.2) is 0 Å². The fourth-order valence-electron chi connectivity index (χ4n) is 5.34. The molecule has 2 aliphatic heterocycles. The van der Waals surface area contributed by atoms with E-state index >= 15 is 0 Å². The van der Waals surface area contributed by atoms with E-state index in [2.05, 4.69) is 47.4 Å². The summed E-state index contributed by atoms with van der Waals surface area (Å²) in [5.74, 6) is 1.16. The molecule has 0 saturated carbocycles. The van der Waals surface area contributed by atoms with E-state index < -0.39 is 0 Å². The van der Waals surface area contributed by atoms with Crippen LogP contribution in [0.5, 0.6) is 11.5 Å². The van der Waals surface area contributed by atoms with Gasteiger partial charge in [0.2, 0.25) is 0 Å². The Morgan fingerprint density at radius 3 is 2.48 bits per heavy atom. The van der Waals surface area contributed by atoms with Crippen molar-refractivity contribution in [3.05, 3.63) is 94.7 Å². The molecule has 0 saturated heterocycles. The van der Waals surface area contributed by atoms with Crippen LogP contribution in [0.4, 0.5) is 0 Å². The number of ether oxygens (including phenoxy) is 2. The first-order valence-corrected chi connectivity index (χ1v) is 10.4. The first-order chi connectivity index (χ1) is 15.2. The van der Waals surface area contributed by atoms with E-state index in [9.17, 15) is 4.79 Å². The van der Waals surface area contributed by atoms with E-state index in [0.717, 1.165) is 16.8 Å². The number of para-hydroxylation sites is 1. The number of carbonyl (C=O) groups is 1. The highest BCUT2D eigenvalue weighted by molar-refractivity contribution is 6.04. The number of fused-ring (bicyclic) bond motifs is 7. The van der Waals surface area contributed by atoms with Gasteiger partial charge >= 0.3 is 0 Å². The van der Waals surface area contributed by atoms with Gasteiger partial charge in [0.1, 0.15) is 0 Å². The van der Waals surface area contributed by atoms with Crippen LogP contribution in [-0.2, 0) is 0 Å². The highest BCUT2D eigenvalue weighted by atomic mass is 16.5. The van der Waals surface area contributed by atoms with Gasteiger partial charge in [-0.05, 0) is 28.8 Å². The van der Waals surface area contributed by atoms with Gasteiger partial charge in [-0.2, -0.15) is 0 Å². The molecule has 3 aromatic carbocycles. The van der Waals surface area contributed by atoms with Crippen molar-refractivity contribution in [2.45, 2.75) is 12.0 Å². The monoisotopic (exact) mass is 410 g/mol. The number of rotatable bonds is 3. The molecular formula is C26H22N2O3. The van der Waals surface area contributed by atoms with Crippen LogP contribution in [0.15, 0.2) is 66.7 Å². The lowest BCUT2D eigenvalue weighted by molar-refractivity contribution is 0.0725. The van der Waals surface area contributed by atoms with E-state index in [0.29, 0.717) is 23.6 Å². The summed E-state index contributed by atoms with van der Waals surface area (Å²) in [6.07, 6.45) is 0. The van der Waals surface area contributed by atoms with Crippen LogP contribution in [0, 0.1) is 0 Å². The molecular weight excluding hydrogens is 388 g/mol. The van der Waals surface area contributed by atoms with Gasteiger partial charge in [-0.3, -0.25) is 4.79 Å². The Bertz CT molecular complexity index is 1330. The largest absolute Gasteiger partial charge is 0.493 e. The fourth-order valence-corrected chi connectivity index (χ4v) is 5.34. The topological polar surface area (TPSA) is 54.6 Å². The summed E-state index contributed by atoms with van der Waals surface area (Å²) in [7, 11) is 3.18. The van der Waals surface area contributed by atoms with Crippen LogP contribution in [0.2, 0.25) is 0 Å². The molecule has 5 heteroatoms. The zero-order chi connectivity index (χ0) is 21.1. The number of carbonyl (C=O) groups excluding carboxylic acids is 1. The van der Waals surface area contributed by atoms with Gasteiger partial charge in [0.05, 0.1) is 25.8 Å². The number of hydrogen-bond donors (Lipinski definition) is 1. The first kappa shape index (κ1) is 18.1. The van der Waals surface area contributed by atoms with Crippen LogP contribution in [0.1, 0.15) is 44.7 Å². The Labute approximate surface area is 180 Å². The average Bonchev–Trinajstić information content (AvgIpc) is 3.34. The molecule has 4 aromatic rings. The van der Waals surface area contributed by atoms with Crippen LogP contribution in [0.25, 0.3) is 10.9 Å². The molecule has 1 N–H and O–H groups in total.